The number of methoxy groups -OCH3 is 2. The van der Waals surface area contributed by atoms with E-state index < -0.39 is 0 Å². The first kappa shape index (κ1) is 21.9. The fraction of sp³-hybridized carbons (Fsp3) is 0.0769. The maximum Gasteiger partial charge on any atom is 0.255 e. The van der Waals surface area contributed by atoms with E-state index in [9.17, 15) is 4.79 Å². The number of rotatable bonds is 7. The van der Waals surface area contributed by atoms with Crippen LogP contribution in [0.15, 0.2) is 85.2 Å². The van der Waals surface area contributed by atoms with Crippen LogP contribution >= 0.6 is 0 Å². The predicted molar refractivity (Wildman–Crippen MR) is 134 cm³/mol. The number of anilines is 4. The van der Waals surface area contributed by atoms with Crippen LogP contribution in [0.5, 0.6) is 11.5 Å². The van der Waals surface area contributed by atoms with Crippen LogP contribution in [-0.4, -0.2) is 40.3 Å². The minimum Gasteiger partial charge on any atom is -0.497 e. The summed E-state index contributed by atoms with van der Waals surface area (Å²) in [6.07, 6.45) is 3.40. The van der Waals surface area contributed by atoms with Gasteiger partial charge in [0.15, 0.2) is 5.65 Å². The number of aromatic nitrogens is 4. The van der Waals surface area contributed by atoms with Crippen LogP contribution in [0, 0.1) is 0 Å². The van der Waals surface area contributed by atoms with E-state index in [4.69, 9.17) is 9.47 Å². The Balaban J connectivity index is 1.44. The molecule has 0 radical (unpaired) electrons. The molecule has 2 aromatic heterocycles. The zero-order valence-corrected chi connectivity index (χ0v) is 19.1. The molecule has 5 rings (SSSR count). The third-order valence-electron chi connectivity index (χ3n) is 5.44. The van der Waals surface area contributed by atoms with E-state index in [1.165, 1.54) is 0 Å². The Bertz CT molecular complexity index is 1450. The molecule has 9 heteroatoms. The number of benzene rings is 3. The standard InChI is InChI=1S/C26H22N6O3/c1-34-22-11-3-17(4-12-22)25(33)29-19-5-7-20(8-6-19)32(21-9-13-23(35-2)14-10-21)26-27-15-18-16-28-31-24(18)30-26/h3-16H,1-2H3,(H,29,33)(H,27,28,30,31). The van der Waals surface area contributed by atoms with Gasteiger partial charge >= 0.3 is 0 Å². The average Bonchev–Trinajstić information content (AvgIpc) is 3.38. The van der Waals surface area contributed by atoms with Gasteiger partial charge in [-0.3, -0.25) is 14.8 Å². The summed E-state index contributed by atoms with van der Waals surface area (Å²) in [6.45, 7) is 0. The van der Waals surface area contributed by atoms with Crippen LogP contribution in [0.25, 0.3) is 11.0 Å². The first-order valence-electron chi connectivity index (χ1n) is 10.8. The zero-order chi connectivity index (χ0) is 24.2. The molecule has 1 amide bonds. The van der Waals surface area contributed by atoms with Crippen molar-refractivity contribution in [3.63, 3.8) is 0 Å². The van der Waals surface area contributed by atoms with Gasteiger partial charge in [0, 0.05) is 28.8 Å². The molecular formula is C26H22N6O3. The molecule has 2 heterocycles. The summed E-state index contributed by atoms with van der Waals surface area (Å²) in [5.41, 5.74) is 3.50. The molecule has 9 nitrogen and oxygen atoms in total. The van der Waals surface area contributed by atoms with Crippen molar-refractivity contribution < 1.29 is 14.3 Å². The lowest BCUT2D eigenvalue weighted by Gasteiger charge is -2.23. The lowest BCUT2D eigenvalue weighted by atomic mass is 10.2. The van der Waals surface area contributed by atoms with Gasteiger partial charge in [0.25, 0.3) is 5.91 Å². The molecule has 0 aliphatic rings. The molecule has 0 saturated carbocycles. The second-order valence-corrected chi connectivity index (χ2v) is 7.61. The van der Waals surface area contributed by atoms with Crippen LogP contribution in [-0.2, 0) is 0 Å². The van der Waals surface area contributed by atoms with Crippen molar-refractivity contribution in [3.8, 4) is 11.5 Å². The molecular weight excluding hydrogens is 444 g/mol. The van der Waals surface area contributed by atoms with Gasteiger partial charge in [-0.2, -0.15) is 10.1 Å². The number of H-pyrrole nitrogens is 1. The lowest BCUT2D eigenvalue weighted by molar-refractivity contribution is 0.102. The smallest absolute Gasteiger partial charge is 0.255 e. The Kier molecular flexibility index (Phi) is 5.96. The van der Waals surface area contributed by atoms with Gasteiger partial charge in [0.05, 0.1) is 25.8 Å². The summed E-state index contributed by atoms with van der Waals surface area (Å²) < 4.78 is 10.4. The van der Waals surface area contributed by atoms with E-state index in [-0.39, 0.29) is 5.91 Å². The second kappa shape index (κ2) is 9.52. The summed E-state index contributed by atoms with van der Waals surface area (Å²) in [4.78, 5) is 23.7. The maximum absolute atomic E-state index is 12.6. The monoisotopic (exact) mass is 466 g/mol. The van der Waals surface area contributed by atoms with Crippen molar-refractivity contribution in [1.29, 1.82) is 0 Å². The normalized spacial score (nSPS) is 10.7. The highest BCUT2D eigenvalue weighted by Gasteiger charge is 2.17. The summed E-state index contributed by atoms with van der Waals surface area (Å²) >= 11 is 0. The SMILES string of the molecule is COc1ccc(C(=O)Nc2ccc(N(c3ccc(OC)cc3)c3ncc4cn[nH]c4n3)cc2)cc1. The number of nitrogens with zero attached hydrogens (tertiary/aromatic N) is 4. The van der Waals surface area contributed by atoms with Gasteiger partial charge in [-0.1, -0.05) is 0 Å². The van der Waals surface area contributed by atoms with Gasteiger partial charge in [0.2, 0.25) is 5.95 Å². The molecule has 174 valence electrons. The van der Waals surface area contributed by atoms with Crippen molar-refractivity contribution in [2.45, 2.75) is 0 Å². The number of nitrogens with one attached hydrogen (secondary N) is 2. The number of carbonyl (C=O) groups excluding carboxylic acids is 1. The Labute approximate surface area is 201 Å². The second-order valence-electron chi connectivity index (χ2n) is 7.61. The molecule has 0 bridgehead atoms. The number of ether oxygens (including phenoxy) is 2. The number of amides is 1. The molecule has 0 saturated heterocycles. The van der Waals surface area contributed by atoms with Gasteiger partial charge < -0.3 is 14.8 Å². The van der Waals surface area contributed by atoms with Crippen LogP contribution in [0.4, 0.5) is 23.0 Å². The minimum atomic E-state index is -0.208. The van der Waals surface area contributed by atoms with Crippen LogP contribution in [0.2, 0.25) is 0 Å². The van der Waals surface area contributed by atoms with Gasteiger partial charge in [0.1, 0.15) is 11.5 Å². The largest absolute Gasteiger partial charge is 0.497 e. The highest BCUT2D eigenvalue weighted by Crippen LogP contribution is 2.34. The van der Waals surface area contributed by atoms with Crippen LogP contribution < -0.4 is 19.7 Å². The van der Waals surface area contributed by atoms with Crippen molar-refractivity contribution in [1.82, 2.24) is 20.2 Å². The third-order valence-corrected chi connectivity index (χ3v) is 5.44. The number of aromatic amines is 1. The van der Waals surface area contributed by atoms with E-state index in [0.717, 1.165) is 22.5 Å². The molecule has 0 aliphatic heterocycles. The van der Waals surface area contributed by atoms with E-state index in [0.29, 0.717) is 28.6 Å². The number of hydrogen-bond donors (Lipinski definition) is 2. The Morgan fingerprint density at radius 2 is 1.43 bits per heavy atom. The van der Waals surface area contributed by atoms with Crippen molar-refractivity contribution in [3.05, 3.63) is 90.8 Å². The van der Waals surface area contributed by atoms with Crippen molar-refractivity contribution in [2.24, 2.45) is 0 Å². The zero-order valence-electron chi connectivity index (χ0n) is 19.1. The summed E-state index contributed by atoms with van der Waals surface area (Å²) in [7, 11) is 3.21. The van der Waals surface area contributed by atoms with E-state index in [1.54, 1.807) is 50.9 Å². The Hall–Kier alpha value is -4.92. The Morgan fingerprint density at radius 3 is 2.06 bits per heavy atom. The summed E-state index contributed by atoms with van der Waals surface area (Å²) in [5.74, 6) is 1.71. The topological polar surface area (TPSA) is 105 Å². The highest BCUT2D eigenvalue weighted by molar-refractivity contribution is 6.04. The molecule has 2 N–H and O–H groups in total. The maximum atomic E-state index is 12.6. The number of carbonyl (C=O) groups is 1. The minimum absolute atomic E-state index is 0.208. The molecule has 3 aromatic carbocycles. The van der Waals surface area contributed by atoms with Crippen molar-refractivity contribution in [2.75, 3.05) is 24.4 Å². The van der Waals surface area contributed by atoms with Gasteiger partial charge in [-0.15, -0.1) is 0 Å². The molecule has 0 aliphatic carbocycles. The average molecular weight is 467 g/mol. The highest BCUT2D eigenvalue weighted by atomic mass is 16.5. The molecule has 0 atom stereocenters. The van der Waals surface area contributed by atoms with Gasteiger partial charge in [-0.05, 0) is 72.8 Å². The summed E-state index contributed by atoms with van der Waals surface area (Å²) in [6, 6.07) is 22.0. The number of fused-ring (bicyclic) bond motifs is 1. The quantitative estimate of drug-likeness (QED) is 0.344. The number of hydrogen-bond acceptors (Lipinski definition) is 7. The fourth-order valence-electron chi connectivity index (χ4n) is 3.59. The summed E-state index contributed by atoms with van der Waals surface area (Å²) in [5, 5.41) is 10.7. The Morgan fingerprint density at radius 1 is 0.829 bits per heavy atom. The first-order valence-corrected chi connectivity index (χ1v) is 10.8. The third kappa shape index (κ3) is 4.60. The fourth-order valence-corrected chi connectivity index (χ4v) is 3.59. The van der Waals surface area contributed by atoms with E-state index in [2.05, 4.69) is 25.5 Å². The van der Waals surface area contributed by atoms with E-state index >= 15 is 0 Å². The van der Waals surface area contributed by atoms with Crippen molar-refractivity contribution >= 4 is 40.0 Å². The molecule has 0 fully saturated rings. The van der Waals surface area contributed by atoms with E-state index in [1.807, 2.05) is 53.4 Å². The van der Waals surface area contributed by atoms with Crippen LogP contribution in [0.1, 0.15) is 10.4 Å². The molecule has 0 unspecified atom stereocenters. The lowest BCUT2D eigenvalue weighted by Crippen LogP contribution is -2.14. The molecule has 35 heavy (non-hydrogen) atoms. The molecule has 5 aromatic rings. The van der Waals surface area contributed by atoms with Gasteiger partial charge in [-0.25, -0.2) is 4.98 Å². The molecule has 0 spiro atoms. The first-order chi connectivity index (χ1) is 17.1. The predicted octanol–water partition coefficient (Wildman–Crippen LogP) is 5.09. The van der Waals surface area contributed by atoms with Crippen LogP contribution in [0.3, 0.4) is 0 Å².